The molecular formula is C19H25N4O2S+. The molecule has 2 aromatic rings. The van der Waals surface area contributed by atoms with E-state index < -0.39 is 0 Å². The minimum Gasteiger partial charge on any atom is -0.370 e. The van der Waals surface area contributed by atoms with Gasteiger partial charge >= 0.3 is 0 Å². The summed E-state index contributed by atoms with van der Waals surface area (Å²) in [7, 11) is 0. The van der Waals surface area contributed by atoms with E-state index in [0.29, 0.717) is 0 Å². The monoisotopic (exact) mass is 373 g/mol. The molecule has 0 spiro atoms. The summed E-state index contributed by atoms with van der Waals surface area (Å²) in [5, 5.41) is 7.29. The van der Waals surface area contributed by atoms with Gasteiger partial charge < -0.3 is 9.64 Å². The number of aromatic nitrogens is 1. The van der Waals surface area contributed by atoms with Crippen molar-refractivity contribution in [2.45, 2.75) is 26.3 Å². The van der Waals surface area contributed by atoms with Gasteiger partial charge in [0, 0.05) is 10.9 Å². The summed E-state index contributed by atoms with van der Waals surface area (Å²) in [6.45, 7) is 7.28. The number of rotatable bonds is 6. The van der Waals surface area contributed by atoms with E-state index in [0.717, 1.165) is 42.7 Å². The standard InChI is InChI=1S/C19H24N4O2S/c1-14(21-22-18(24)12-17-13-26-15(2)20-17)19(16-6-4-3-5-7-16)23-8-10-25-11-9-23/h3-7,13,19H,8-12H2,1-2H3,(H,22,24)/p+1/b21-14-/t19-/m1/s1. The Hall–Kier alpha value is -2.09. The highest BCUT2D eigenvalue weighted by atomic mass is 32.1. The molecule has 138 valence electrons. The Kier molecular flexibility index (Phi) is 6.49. The molecule has 1 aliphatic heterocycles. The molecule has 2 heterocycles. The van der Waals surface area contributed by atoms with E-state index in [9.17, 15) is 4.79 Å². The van der Waals surface area contributed by atoms with E-state index in [-0.39, 0.29) is 18.4 Å². The van der Waals surface area contributed by atoms with Crippen LogP contribution in [0.3, 0.4) is 0 Å². The van der Waals surface area contributed by atoms with Crippen LogP contribution in [-0.4, -0.2) is 42.9 Å². The van der Waals surface area contributed by atoms with Crippen LogP contribution in [-0.2, 0) is 16.0 Å². The SMILES string of the molecule is C/C(=N/NC(=O)Cc1csc(C)n1)[C@H](c1ccccc1)[NH+]1CCOCC1. The molecule has 1 fully saturated rings. The molecule has 1 aromatic heterocycles. The van der Waals surface area contributed by atoms with E-state index in [1.165, 1.54) is 10.5 Å². The number of carbonyl (C=O) groups excluding carboxylic acids is 1. The molecular weight excluding hydrogens is 348 g/mol. The topological polar surface area (TPSA) is 68.0 Å². The Morgan fingerprint density at radius 2 is 2.08 bits per heavy atom. The van der Waals surface area contributed by atoms with Crippen molar-refractivity contribution in [2.75, 3.05) is 26.3 Å². The molecule has 0 bridgehead atoms. The average Bonchev–Trinajstić information content (AvgIpc) is 3.07. The predicted molar refractivity (Wildman–Crippen MR) is 103 cm³/mol. The highest BCUT2D eigenvalue weighted by molar-refractivity contribution is 7.09. The lowest BCUT2D eigenvalue weighted by Crippen LogP contribution is -3.15. The molecule has 1 atom stereocenters. The second kappa shape index (κ2) is 9.02. The van der Waals surface area contributed by atoms with Crippen molar-refractivity contribution in [2.24, 2.45) is 5.10 Å². The van der Waals surface area contributed by atoms with Crippen LogP contribution in [0.25, 0.3) is 0 Å². The molecule has 0 radical (unpaired) electrons. The number of thiazole rings is 1. The van der Waals surface area contributed by atoms with Gasteiger partial charge in [0.05, 0.1) is 36.0 Å². The van der Waals surface area contributed by atoms with Crippen LogP contribution in [0.2, 0.25) is 0 Å². The molecule has 1 saturated heterocycles. The smallest absolute Gasteiger partial charge is 0.246 e. The molecule has 1 amide bonds. The Morgan fingerprint density at radius 3 is 2.73 bits per heavy atom. The maximum atomic E-state index is 12.2. The third-order valence-electron chi connectivity index (χ3n) is 4.46. The van der Waals surface area contributed by atoms with E-state index in [4.69, 9.17) is 4.74 Å². The van der Waals surface area contributed by atoms with Crippen molar-refractivity contribution in [1.82, 2.24) is 10.4 Å². The first-order valence-electron chi connectivity index (χ1n) is 8.85. The normalized spacial score (nSPS) is 17.1. The molecule has 26 heavy (non-hydrogen) atoms. The highest BCUT2D eigenvalue weighted by Gasteiger charge is 2.29. The lowest BCUT2D eigenvalue weighted by atomic mass is 10.0. The van der Waals surface area contributed by atoms with Gasteiger partial charge in [0.1, 0.15) is 13.1 Å². The fourth-order valence-electron chi connectivity index (χ4n) is 3.25. The summed E-state index contributed by atoms with van der Waals surface area (Å²) < 4.78 is 5.50. The van der Waals surface area contributed by atoms with Gasteiger partial charge in [-0.05, 0) is 13.8 Å². The van der Waals surface area contributed by atoms with Crippen LogP contribution < -0.4 is 10.3 Å². The van der Waals surface area contributed by atoms with Crippen LogP contribution in [0.15, 0.2) is 40.8 Å². The summed E-state index contributed by atoms with van der Waals surface area (Å²) >= 11 is 1.55. The van der Waals surface area contributed by atoms with E-state index >= 15 is 0 Å². The summed E-state index contributed by atoms with van der Waals surface area (Å²) in [4.78, 5) is 17.9. The van der Waals surface area contributed by atoms with Gasteiger partial charge in [-0.3, -0.25) is 4.79 Å². The Labute approximate surface area is 157 Å². The van der Waals surface area contributed by atoms with Crippen LogP contribution in [0.5, 0.6) is 0 Å². The third kappa shape index (κ3) is 4.97. The molecule has 7 heteroatoms. The molecule has 1 aliphatic rings. The number of nitrogens with zero attached hydrogens (tertiary/aromatic N) is 2. The molecule has 0 aliphatic carbocycles. The van der Waals surface area contributed by atoms with Gasteiger partial charge in [-0.15, -0.1) is 11.3 Å². The van der Waals surface area contributed by atoms with Crippen molar-refractivity contribution in [1.29, 1.82) is 0 Å². The zero-order valence-electron chi connectivity index (χ0n) is 15.2. The first-order chi connectivity index (χ1) is 12.6. The maximum Gasteiger partial charge on any atom is 0.246 e. The number of benzene rings is 1. The number of aryl methyl sites for hydroxylation is 1. The van der Waals surface area contributed by atoms with Gasteiger partial charge in [0.2, 0.25) is 5.91 Å². The highest BCUT2D eigenvalue weighted by Crippen LogP contribution is 2.12. The number of morpholine rings is 1. The van der Waals surface area contributed by atoms with Crippen LogP contribution in [0, 0.1) is 6.92 Å². The number of hydrogen-bond donors (Lipinski definition) is 2. The number of hydrogen-bond acceptors (Lipinski definition) is 5. The summed E-state index contributed by atoms with van der Waals surface area (Å²) in [5.74, 6) is -0.140. The van der Waals surface area contributed by atoms with Gasteiger partial charge in [-0.1, -0.05) is 30.3 Å². The second-order valence-corrected chi connectivity index (χ2v) is 7.50. The zero-order valence-corrected chi connectivity index (χ0v) is 16.0. The molecule has 2 N–H and O–H groups in total. The quantitative estimate of drug-likeness (QED) is 0.589. The Bertz CT molecular complexity index is 754. The molecule has 0 unspecified atom stereocenters. The van der Waals surface area contributed by atoms with Crippen LogP contribution >= 0.6 is 11.3 Å². The van der Waals surface area contributed by atoms with Crippen molar-refractivity contribution >= 4 is 23.0 Å². The largest absolute Gasteiger partial charge is 0.370 e. The molecule has 1 aromatic carbocycles. The van der Waals surface area contributed by atoms with Gasteiger partial charge in [-0.25, -0.2) is 10.4 Å². The number of ether oxygens (including phenoxy) is 1. The minimum absolute atomic E-state index is 0.113. The lowest BCUT2D eigenvalue weighted by Gasteiger charge is -2.31. The number of amides is 1. The summed E-state index contributed by atoms with van der Waals surface area (Å²) in [5.41, 5.74) is 5.59. The molecule has 0 saturated carbocycles. The van der Waals surface area contributed by atoms with Crippen LogP contribution in [0.4, 0.5) is 0 Å². The Morgan fingerprint density at radius 1 is 1.35 bits per heavy atom. The van der Waals surface area contributed by atoms with E-state index in [2.05, 4.69) is 27.6 Å². The first kappa shape index (κ1) is 18.7. The fraction of sp³-hybridized carbons (Fsp3) is 0.421. The fourth-order valence-corrected chi connectivity index (χ4v) is 3.86. The number of nitrogens with one attached hydrogen (secondary N) is 2. The zero-order chi connectivity index (χ0) is 18.4. The molecule has 6 nitrogen and oxygen atoms in total. The lowest BCUT2D eigenvalue weighted by molar-refractivity contribution is -0.928. The second-order valence-electron chi connectivity index (χ2n) is 6.44. The van der Waals surface area contributed by atoms with E-state index in [1.807, 2.05) is 37.4 Å². The number of carbonyl (C=O) groups is 1. The maximum absolute atomic E-state index is 12.2. The third-order valence-corrected chi connectivity index (χ3v) is 5.28. The van der Waals surface area contributed by atoms with Gasteiger partial charge in [0.15, 0.2) is 6.04 Å². The number of hydrazone groups is 1. The first-order valence-corrected chi connectivity index (χ1v) is 9.72. The van der Waals surface area contributed by atoms with Gasteiger partial charge in [-0.2, -0.15) is 5.10 Å². The van der Waals surface area contributed by atoms with Crippen LogP contribution in [0.1, 0.15) is 29.2 Å². The minimum atomic E-state index is -0.140. The van der Waals surface area contributed by atoms with Crippen molar-refractivity contribution in [3.63, 3.8) is 0 Å². The number of quaternary nitrogens is 1. The van der Waals surface area contributed by atoms with E-state index in [1.54, 1.807) is 11.3 Å². The van der Waals surface area contributed by atoms with Crippen molar-refractivity contribution < 1.29 is 14.4 Å². The predicted octanol–water partition coefficient (Wildman–Crippen LogP) is 1.14. The summed E-state index contributed by atoms with van der Waals surface area (Å²) in [6.07, 6.45) is 0.252. The van der Waals surface area contributed by atoms with Crippen molar-refractivity contribution in [3.05, 3.63) is 52.0 Å². The Balaban J connectivity index is 1.70. The van der Waals surface area contributed by atoms with Crippen molar-refractivity contribution in [3.8, 4) is 0 Å². The van der Waals surface area contributed by atoms with Gasteiger partial charge in [0.25, 0.3) is 0 Å². The molecule has 3 rings (SSSR count). The summed E-state index contributed by atoms with van der Waals surface area (Å²) in [6, 6.07) is 10.4. The average molecular weight is 374 g/mol.